The van der Waals surface area contributed by atoms with Crippen LogP contribution in [0.25, 0.3) is 0 Å². The number of benzene rings is 1. The van der Waals surface area contributed by atoms with Crippen molar-refractivity contribution in [3.05, 3.63) is 30.6 Å². The highest BCUT2D eigenvalue weighted by molar-refractivity contribution is 8.04. The largest absolute Gasteiger partial charge is 0.471 e. The minimum absolute atomic E-state index is 0.0921. The first-order valence-electron chi connectivity index (χ1n) is 8.59. The molecular weight excluding hydrogens is 454 g/mol. The van der Waals surface area contributed by atoms with Crippen LogP contribution in [0.4, 0.5) is 0 Å². The number of hydrogen-bond acceptors (Lipinski definition) is 5. The Morgan fingerprint density at radius 1 is 1.04 bits per heavy atom. The minimum Gasteiger partial charge on any atom is -0.471 e. The molecule has 2 aliphatic heterocycles. The quantitative estimate of drug-likeness (QED) is 0.275. The molecule has 1 saturated carbocycles. The van der Waals surface area contributed by atoms with E-state index in [-0.39, 0.29) is 38.2 Å². The molecule has 146 valence electrons. The molecule has 27 heavy (non-hydrogen) atoms. The molecule has 9 heteroatoms. The first kappa shape index (κ1) is 19.8. The summed E-state index contributed by atoms with van der Waals surface area (Å²) in [5, 5.41) is 0.475. The smallest absolute Gasteiger partial charge is 0.339 e. The van der Waals surface area contributed by atoms with E-state index >= 15 is 0 Å². The van der Waals surface area contributed by atoms with Crippen LogP contribution < -0.4 is 9.47 Å². The van der Waals surface area contributed by atoms with Gasteiger partial charge in [-0.15, -0.1) is 0 Å². The Morgan fingerprint density at radius 3 is 2.26 bits per heavy atom. The number of carbonyl (C=O) groups excluding carboxylic acids is 1. The van der Waals surface area contributed by atoms with Gasteiger partial charge in [0.05, 0.1) is 22.2 Å². The van der Waals surface area contributed by atoms with Gasteiger partial charge in [-0.25, -0.2) is 4.79 Å². The highest BCUT2D eigenvalue weighted by atomic mass is 35.5. The van der Waals surface area contributed by atoms with Crippen molar-refractivity contribution in [3.63, 3.8) is 0 Å². The van der Waals surface area contributed by atoms with E-state index in [4.69, 9.17) is 60.6 Å². The lowest BCUT2D eigenvalue weighted by molar-refractivity contribution is -0.146. The molecule has 1 fully saturated rings. The molecule has 0 amide bonds. The number of hydrogen-bond donors (Lipinski definition) is 0. The van der Waals surface area contributed by atoms with E-state index in [0.717, 1.165) is 17.7 Å². The monoisotopic (exact) mass is 468 g/mol. The summed E-state index contributed by atoms with van der Waals surface area (Å²) < 4.78 is 18.2. The fourth-order valence-electron chi connectivity index (χ4n) is 4.11. The number of allylic oxidation sites excluding steroid dienone is 1. The van der Waals surface area contributed by atoms with E-state index in [1.54, 1.807) is 6.92 Å². The van der Waals surface area contributed by atoms with Gasteiger partial charge in [-0.1, -0.05) is 58.2 Å². The number of esters is 1. The van der Waals surface area contributed by atoms with E-state index in [9.17, 15) is 4.79 Å². The number of carbonyl (C=O) groups is 1. The molecule has 1 aromatic carbocycles. The fraction of sp³-hybridized carbons (Fsp3) is 0.500. The first-order valence-corrected chi connectivity index (χ1v) is 10.9. The third-order valence-electron chi connectivity index (χ3n) is 5.18. The molecule has 0 N–H and O–H groups in total. The van der Waals surface area contributed by atoms with Crippen molar-refractivity contribution in [1.82, 2.24) is 0 Å². The van der Waals surface area contributed by atoms with Crippen LogP contribution in [0.1, 0.15) is 39.5 Å². The Bertz CT molecular complexity index is 887. The summed E-state index contributed by atoms with van der Waals surface area (Å²) in [4.78, 5) is 12.8. The van der Waals surface area contributed by atoms with Crippen LogP contribution in [0, 0.1) is 0 Å². The Labute approximate surface area is 181 Å². The molecule has 0 aromatic heterocycles. The lowest BCUT2D eigenvalue weighted by Crippen LogP contribution is -2.62. The molecule has 4 rings (SSSR count). The van der Waals surface area contributed by atoms with Crippen molar-refractivity contribution in [2.45, 2.75) is 50.1 Å². The van der Waals surface area contributed by atoms with Crippen LogP contribution in [0.3, 0.4) is 0 Å². The molecular formula is C18H16Cl4O4S. The number of ether oxygens (including phenoxy) is 3. The van der Waals surface area contributed by atoms with Gasteiger partial charge in [0.2, 0.25) is 4.93 Å². The van der Waals surface area contributed by atoms with E-state index < -0.39 is 16.5 Å². The molecule has 0 radical (unpaired) electrons. The second kappa shape index (κ2) is 6.81. The topological polar surface area (TPSA) is 44.8 Å². The lowest BCUT2D eigenvalue weighted by atomic mass is 9.75. The molecule has 3 aliphatic rings. The van der Waals surface area contributed by atoms with Crippen LogP contribution in [-0.2, 0) is 9.53 Å². The SMILES string of the molecule is CCOC(=O)C1=C(C)SC23CCCCC12Oc1c(Cl)c(Cl)c(Cl)c(Cl)c1O3. The van der Waals surface area contributed by atoms with E-state index in [0.29, 0.717) is 18.4 Å². The Balaban J connectivity index is 1.94. The zero-order valence-electron chi connectivity index (χ0n) is 14.6. The fourth-order valence-corrected chi connectivity index (χ4v) is 6.64. The molecule has 4 nitrogen and oxygen atoms in total. The number of thioether (sulfide) groups is 1. The van der Waals surface area contributed by atoms with Crippen LogP contribution in [0.2, 0.25) is 20.1 Å². The zero-order valence-corrected chi connectivity index (χ0v) is 18.4. The normalized spacial score (nSPS) is 28.7. The summed E-state index contributed by atoms with van der Waals surface area (Å²) in [7, 11) is 0. The van der Waals surface area contributed by atoms with Gasteiger partial charge in [0.15, 0.2) is 17.1 Å². The molecule has 0 spiro atoms. The molecule has 2 unspecified atom stereocenters. The number of fused-ring (bicyclic) bond motifs is 1. The van der Waals surface area contributed by atoms with Crippen molar-refractivity contribution in [3.8, 4) is 11.5 Å². The Hall–Kier alpha value is -0.460. The van der Waals surface area contributed by atoms with E-state index in [1.165, 1.54) is 11.8 Å². The summed E-state index contributed by atoms with van der Waals surface area (Å²) >= 11 is 26.7. The second-order valence-corrected chi connectivity index (χ2v) is 9.65. The van der Waals surface area contributed by atoms with Crippen molar-refractivity contribution < 1.29 is 19.0 Å². The highest BCUT2D eigenvalue weighted by Gasteiger charge is 2.69. The van der Waals surface area contributed by atoms with Crippen molar-refractivity contribution >= 4 is 64.1 Å². The molecule has 1 aromatic rings. The summed E-state index contributed by atoms with van der Waals surface area (Å²) in [5.41, 5.74) is -0.526. The van der Waals surface area contributed by atoms with Crippen molar-refractivity contribution in [1.29, 1.82) is 0 Å². The third-order valence-corrected chi connectivity index (χ3v) is 8.40. The standard InChI is InChI=1S/C18H16Cl4O4S/c1-3-24-16(23)9-8(2)27-18-7-5-4-6-17(9,18)25-14-12(21)10(19)11(20)13(22)15(14)26-18/h3-7H2,1-2H3. The molecule has 0 saturated heterocycles. The average Bonchev–Trinajstić information content (AvgIpc) is 2.91. The van der Waals surface area contributed by atoms with Crippen LogP contribution in [0.5, 0.6) is 11.5 Å². The zero-order chi connectivity index (χ0) is 19.6. The van der Waals surface area contributed by atoms with Gasteiger partial charge in [0.25, 0.3) is 0 Å². The summed E-state index contributed by atoms with van der Waals surface area (Å²) in [6, 6.07) is 0. The maximum absolute atomic E-state index is 12.8. The van der Waals surface area contributed by atoms with Crippen molar-refractivity contribution in [2.24, 2.45) is 0 Å². The van der Waals surface area contributed by atoms with Gasteiger partial charge in [0, 0.05) is 11.3 Å². The predicted octanol–water partition coefficient (Wildman–Crippen LogP) is 6.66. The van der Waals surface area contributed by atoms with Gasteiger partial charge in [-0.2, -0.15) is 0 Å². The average molecular weight is 470 g/mol. The van der Waals surface area contributed by atoms with Gasteiger partial charge >= 0.3 is 5.97 Å². The molecule has 2 atom stereocenters. The maximum Gasteiger partial charge on any atom is 0.339 e. The first-order chi connectivity index (χ1) is 12.8. The van der Waals surface area contributed by atoms with Crippen LogP contribution in [0.15, 0.2) is 10.5 Å². The van der Waals surface area contributed by atoms with Gasteiger partial charge in [-0.05, 0) is 33.1 Å². The molecule has 2 heterocycles. The highest BCUT2D eigenvalue weighted by Crippen LogP contribution is 2.67. The third kappa shape index (κ3) is 2.62. The maximum atomic E-state index is 12.8. The van der Waals surface area contributed by atoms with Crippen LogP contribution >= 0.6 is 58.2 Å². The molecule has 1 aliphatic carbocycles. The number of rotatable bonds is 2. The molecule has 0 bridgehead atoms. The van der Waals surface area contributed by atoms with Gasteiger partial charge in [0.1, 0.15) is 10.0 Å². The number of halogens is 4. The Morgan fingerprint density at radius 2 is 1.63 bits per heavy atom. The van der Waals surface area contributed by atoms with Gasteiger partial charge in [-0.3, -0.25) is 0 Å². The minimum atomic E-state index is -1.01. The predicted molar refractivity (Wildman–Crippen MR) is 109 cm³/mol. The van der Waals surface area contributed by atoms with Gasteiger partial charge < -0.3 is 14.2 Å². The van der Waals surface area contributed by atoms with Crippen LogP contribution in [-0.4, -0.2) is 23.1 Å². The summed E-state index contributed by atoms with van der Waals surface area (Å²) in [5.74, 6) is 0.0743. The van der Waals surface area contributed by atoms with Crippen molar-refractivity contribution in [2.75, 3.05) is 6.61 Å². The lowest BCUT2D eigenvalue weighted by Gasteiger charge is -2.51. The van der Waals surface area contributed by atoms with E-state index in [1.807, 2.05) is 6.92 Å². The summed E-state index contributed by atoms with van der Waals surface area (Å²) in [6.07, 6.45) is 3.10. The Kier molecular flexibility index (Phi) is 5.00. The van der Waals surface area contributed by atoms with E-state index in [2.05, 4.69) is 0 Å². The second-order valence-electron chi connectivity index (χ2n) is 6.66. The summed E-state index contributed by atoms with van der Waals surface area (Å²) in [6.45, 7) is 3.92.